The normalized spacial score (nSPS) is 12.3. The van der Waals surface area contributed by atoms with E-state index in [0.29, 0.717) is 36.6 Å². The van der Waals surface area contributed by atoms with E-state index in [1.54, 1.807) is 29.3 Å². The number of anilines is 1. The minimum atomic E-state index is -0.161. The molecule has 0 spiro atoms. The summed E-state index contributed by atoms with van der Waals surface area (Å²) in [6.45, 7) is 1.38. The lowest BCUT2D eigenvalue weighted by Gasteiger charge is -2.24. The fourth-order valence-corrected chi connectivity index (χ4v) is 6.33. The van der Waals surface area contributed by atoms with E-state index < -0.39 is 0 Å². The summed E-state index contributed by atoms with van der Waals surface area (Å²) in [5.41, 5.74) is 6.95. The molecule has 3 heterocycles. The SMILES string of the molecule is COc1cc(-c2cccc3ccccc23)ccc1C(=O)N1Cc2ccc(C(=O)N(C)CCc3ccncc3)n2Cc2ccccc21. The largest absolute Gasteiger partial charge is 0.496 e. The van der Waals surface area contributed by atoms with Crippen LogP contribution in [0.5, 0.6) is 5.75 Å². The Balaban J connectivity index is 1.20. The van der Waals surface area contributed by atoms with Gasteiger partial charge in [0.1, 0.15) is 11.4 Å². The maximum absolute atomic E-state index is 14.4. The van der Waals surface area contributed by atoms with Gasteiger partial charge in [-0.15, -0.1) is 0 Å². The first-order valence-electron chi connectivity index (χ1n) is 15.4. The first-order chi connectivity index (χ1) is 22.5. The molecule has 4 aromatic carbocycles. The van der Waals surface area contributed by atoms with Crippen molar-refractivity contribution in [2.24, 2.45) is 0 Å². The second kappa shape index (κ2) is 12.4. The van der Waals surface area contributed by atoms with Crippen LogP contribution in [-0.4, -0.2) is 47.0 Å². The first kappa shape index (κ1) is 29.0. The van der Waals surface area contributed by atoms with E-state index in [1.165, 1.54) is 0 Å². The number of carbonyl (C=O) groups excluding carboxylic acids is 2. The number of nitrogens with zero attached hydrogens (tertiary/aromatic N) is 4. The molecule has 7 nitrogen and oxygen atoms in total. The zero-order valence-electron chi connectivity index (χ0n) is 25.9. The van der Waals surface area contributed by atoms with Gasteiger partial charge >= 0.3 is 0 Å². The van der Waals surface area contributed by atoms with Gasteiger partial charge in [-0.2, -0.15) is 0 Å². The summed E-state index contributed by atoms with van der Waals surface area (Å²) in [7, 11) is 3.43. The number of rotatable bonds is 7. The van der Waals surface area contributed by atoms with Crippen molar-refractivity contribution < 1.29 is 14.3 Å². The van der Waals surface area contributed by atoms with Crippen molar-refractivity contribution in [1.29, 1.82) is 0 Å². The van der Waals surface area contributed by atoms with Crippen molar-refractivity contribution in [1.82, 2.24) is 14.5 Å². The highest BCUT2D eigenvalue weighted by Gasteiger charge is 2.29. The number of benzene rings is 4. The Hall–Kier alpha value is -5.69. The topological polar surface area (TPSA) is 67.7 Å². The predicted octanol–water partition coefficient (Wildman–Crippen LogP) is 7.24. The molecule has 1 aliphatic heterocycles. The maximum Gasteiger partial charge on any atom is 0.270 e. The van der Waals surface area contributed by atoms with Crippen molar-refractivity contribution in [3.8, 4) is 16.9 Å². The van der Waals surface area contributed by atoms with Crippen LogP contribution < -0.4 is 9.64 Å². The molecule has 0 radical (unpaired) electrons. The third-order valence-electron chi connectivity index (χ3n) is 8.83. The summed E-state index contributed by atoms with van der Waals surface area (Å²) in [6.07, 6.45) is 4.28. The van der Waals surface area contributed by atoms with E-state index in [-0.39, 0.29) is 11.8 Å². The highest BCUT2D eigenvalue weighted by Crippen LogP contribution is 2.35. The molecule has 7 heteroatoms. The molecule has 2 amide bonds. The van der Waals surface area contributed by atoms with Gasteiger partial charge in [-0.05, 0) is 81.9 Å². The molecule has 228 valence electrons. The molecular formula is C39H34N4O3. The Morgan fingerprint density at radius 3 is 2.48 bits per heavy atom. The Morgan fingerprint density at radius 2 is 1.63 bits per heavy atom. The van der Waals surface area contributed by atoms with Crippen LogP contribution in [0.4, 0.5) is 5.69 Å². The number of aromatic nitrogens is 2. The van der Waals surface area contributed by atoms with Gasteiger partial charge in [-0.3, -0.25) is 14.6 Å². The van der Waals surface area contributed by atoms with Gasteiger partial charge in [0.05, 0.1) is 25.8 Å². The van der Waals surface area contributed by atoms with Gasteiger partial charge in [0, 0.05) is 37.4 Å². The fourth-order valence-electron chi connectivity index (χ4n) is 6.33. The van der Waals surface area contributed by atoms with Gasteiger partial charge < -0.3 is 19.1 Å². The van der Waals surface area contributed by atoms with E-state index in [0.717, 1.165) is 50.8 Å². The van der Waals surface area contributed by atoms with Crippen molar-refractivity contribution >= 4 is 28.3 Å². The van der Waals surface area contributed by atoms with Crippen LogP contribution in [0, 0.1) is 0 Å². The third kappa shape index (κ3) is 5.41. The van der Waals surface area contributed by atoms with Crippen molar-refractivity contribution in [2.75, 3.05) is 25.6 Å². The molecule has 6 aromatic rings. The Labute approximate surface area is 268 Å². The molecule has 0 saturated heterocycles. The lowest BCUT2D eigenvalue weighted by Crippen LogP contribution is -2.31. The van der Waals surface area contributed by atoms with Crippen molar-refractivity contribution in [3.05, 3.63) is 150 Å². The maximum atomic E-state index is 14.4. The predicted molar refractivity (Wildman–Crippen MR) is 181 cm³/mol. The average molecular weight is 607 g/mol. The fraction of sp³-hybridized carbons (Fsp3) is 0.154. The monoisotopic (exact) mass is 606 g/mol. The number of para-hydroxylation sites is 1. The smallest absolute Gasteiger partial charge is 0.270 e. The molecule has 0 saturated carbocycles. The molecule has 2 aromatic heterocycles. The van der Waals surface area contributed by atoms with Crippen LogP contribution in [0.1, 0.15) is 37.7 Å². The standard InChI is InChI=1S/C39H34N4O3/c1-41(23-20-27-18-21-40-22-19-27)39(45)36-17-15-31-26-43(35-13-6-4-9-30(35)25-42(31)36)38(44)34-16-14-29(24-37(34)46-2)33-12-7-10-28-8-3-5-11-32(28)33/h3-19,21-22,24H,20,23,25-26H2,1-2H3. The number of hydrogen-bond acceptors (Lipinski definition) is 4. The number of ether oxygens (including phenoxy) is 1. The minimum Gasteiger partial charge on any atom is -0.496 e. The van der Waals surface area contributed by atoms with Gasteiger partial charge in [-0.1, -0.05) is 66.7 Å². The molecule has 1 aliphatic rings. The number of fused-ring (bicyclic) bond motifs is 3. The van der Waals surface area contributed by atoms with E-state index in [9.17, 15) is 9.59 Å². The van der Waals surface area contributed by atoms with E-state index in [2.05, 4.69) is 29.2 Å². The van der Waals surface area contributed by atoms with Gasteiger partial charge in [0.25, 0.3) is 11.8 Å². The summed E-state index contributed by atoms with van der Waals surface area (Å²) in [6, 6.07) is 36.0. The van der Waals surface area contributed by atoms with Crippen molar-refractivity contribution in [2.45, 2.75) is 19.5 Å². The molecule has 46 heavy (non-hydrogen) atoms. The number of likely N-dealkylation sites (N-methyl/N-ethyl adjacent to an activating group) is 1. The summed E-state index contributed by atoms with van der Waals surface area (Å²) < 4.78 is 7.87. The minimum absolute atomic E-state index is 0.0525. The van der Waals surface area contributed by atoms with Gasteiger partial charge in [0.15, 0.2) is 0 Å². The van der Waals surface area contributed by atoms with Crippen molar-refractivity contribution in [3.63, 3.8) is 0 Å². The molecule has 0 unspecified atom stereocenters. The quantitative estimate of drug-likeness (QED) is 0.192. The van der Waals surface area contributed by atoms with Gasteiger partial charge in [-0.25, -0.2) is 0 Å². The highest BCUT2D eigenvalue weighted by atomic mass is 16.5. The first-order valence-corrected chi connectivity index (χ1v) is 15.4. The number of pyridine rings is 1. The summed E-state index contributed by atoms with van der Waals surface area (Å²) >= 11 is 0. The lowest BCUT2D eigenvalue weighted by molar-refractivity contribution is 0.0786. The average Bonchev–Trinajstić information content (AvgIpc) is 3.42. The Morgan fingerprint density at radius 1 is 0.848 bits per heavy atom. The molecular weight excluding hydrogens is 572 g/mol. The number of carbonyl (C=O) groups is 2. The van der Waals surface area contributed by atoms with Crippen LogP contribution in [0.15, 0.2) is 122 Å². The van der Waals surface area contributed by atoms with E-state index >= 15 is 0 Å². The van der Waals surface area contributed by atoms with Crippen LogP contribution in [-0.2, 0) is 19.5 Å². The lowest BCUT2D eigenvalue weighted by atomic mass is 9.97. The summed E-state index contributed by atoms with van der Waals surface area (Å²) in [4.78, 5) is 35.7. The molecule has 0 bridgehead atoms. The van der Waals surface area contributed by atoms with E-state index in [1.807, 2.05) is 96.5 Å². The summed E-state index contributed by atoms with van der Waals surface area (Å²) in [5, 5.41) is 2.29. The van der Waals surface area contributed by atoms with Crippen LogP contribution in [0.2, 0.25) is 0 Å². The van der Waals surface area contributed by atoms with Crippen LogP contribution in [0.25, 0.3) is 21.9 Å². The van der Waals surface area contributed by atoms with Gasteiger partial charge in [0.2, 0.25) is 0 Å². The second-order valence-corrected chi connectivity index (χ2v) is 11.6. The summed E-state index contributed by atoms with van der Waals surface area (Å²) in [5.74, 6) is 0.299. The van der Waals surface area contributed by atoms with E-state index in [4.69, 9.17) is 4.74 Å². The molecule has 0 fully saturated rings. The highest BCUT2D eigenvalue weighted by molar-refractivity contribution is 6.09. The van der Waals surface area contributed by atoms with Crippen LogP contribution >= 0.6 is 0 Å². The van der Waals surface area contributed by atoms with Crippen LogP contribution in [0.3, 0.4) is 0 Å². The number of methoxy groups -OCH3 is 1. The zero-order chi connectivity index (χ0) is 31.6. The molecule has 0 N–H and O–H groups in total. The Bertz CT molecular complexity index is 2060. The zero-order valence-corrected chi connectivity index (χ0v) is 25.9. The molecule has 0 atom stereocenters. The molecule has 7 rings (SSSR count). The number of amides is 2. The number of hydrogen-bond donors (Lipinski definition) is 0. The second-order valence-electron chi connectivity index (χ2n) is 11.6. The third-order valence-corrected chi connectivity index (χ3v) is 8.83. The molecule has 0 aliphatic carbocycles. The Kier molecular flexibility index (Phi) is 7.81.